The van der Waals surface area contributed by atoms with Crippen molar-refractivity contribution in [1.29, 1.82) is 0 Å². The zero-order valence-corrected chi connectivity index (χ0v) is 10.3. The second kappa shape index (κ2) is 4.66. The zero-order valence-electron chi connectivity index (χ0n) is 10.3. The van der Waals surface area contributed by atoms with Gasteiger partial charge in [-0.2, -0.15) is 0 Å². The fraction of sp³-hybridized carbons (Fsp3) is 1.00. The van der Waals surface area contributed by atoms with Gasteiger partial charge in [-0.05, 0) is 44.6 Å². The lowest BCUT2D eigenvalue weighted by Crippen LogP contribution is -2.52. The van der Waals surface area contributed by atoms with Crippen LogP contribution in [0, 0.1) is 11.3 Å². The van der Waals surface area contributed by atoms with Gasteiger partial charge in [-0.15, -0.1) is 0 Å². The van der Waals surface area contributed by atoms with Gasteiger partial charge in [0.15, 0.2) is 0 Å². The van der Waals surface area contributed by atoms with Crippen molar-refractivity contribution in [3.05, 3.63) is 0 Å². The Morgan fingerprint density at radius 3 is 2.31 bits per heavy atom. The Bertz CT molecular complexity index is 225. The smallest absolute Gasteiger partial charge is 0.0548 e. The number of rotatable bonds is 3. The topological polar surface area (TPSA) is 21.3 Å². The molecule has 1 N–H and O–H groups in total. The van der Waals surface area contributed by atoms with Crippen LogP contribution in [0.1, 0.15) is 51.4 Å². The average Bonchev–Trinajstić information content (AvgIpc) is 2.78. The van der Waals surface area contributed by atoms with Crippen LogP contribution in [0.2, 0.25) is 0 Å². The van der Waals surface area contributed by atoms with E-state index in [1.165, 1.54) is 57.9 Å². The Kier molecular flexibility index (Phi) is 3.21. The molecule has 3 rings (SSSR count). The molecule has 0 aromatic rings. The molecule has 3 fully saturated rings. The molecule has 16 heavy (non-hydrogen) atoms. The van der Waals surface area contributed by atoms with Crippen molar-refractivity contribution in [1.82, 2.24) is 5.32 Å². The van der Waals surface area contributed by atoms with Crippen LogP contribution >= 0.6 is 0 Å². The highest BCUT2D eigenvalue weighted by Gasteiger charge is 2.47. The second-order valence-corrected chi connectivity index (χ2v) is 6.19. The maximum atomic E-state index is 5.56. The molecule has 2 heterocycles. The van der Waals surface area contributed by atoms with Crippen molar-refractivity contribution in [2.75, 3.05) is 19.8 Å². The average molecular weight is 223 g/mol. The number of ether oxygens (including phenoxy) is 1. The van der Waals surface area contributed by atoms with E-state index in [0.717, 1.165) is 25.2 Å². The number of piperidine rings is 1. The van der Waals surface area contributed by atoms with Crippen LogP contribution in [0.5, 0.6) is 0 Å². The maximum absolute atomic E-state index is 5.56. The van der Waals surface area contributed by atoms with Crippen LogP contribution in [0.4, 0.5) is 0 Å². The molecule has 2 aliphatic heterocycles. The Hall–Kier alpha value is -0.0800. The lowest BCUT2D eigenvalue weighted by Gasteiger charge is -2.48. The summed E-state index contributed by atoms with van der Waals surface area (Å²) >= 11 is 0. The molecule has 0 spiro atoms. The number of hydrogen-bond donors (Lipinski definition) is 1. The molecule has 0 bridgehead atoms. The van der Waals surface area contributed by atoms with E-state index in [9.17, 15) is 0 Å². The van der Waals surface area contributed by atoms with Crippen molar-refractivity contribution >= 4 is 0 Å². The van der Waals surface area contributed by atoms with Crippen LogP contribution in [0.15, 0.2) is 0 Å². The van der Waals surface area contributed by atoms with E-state index < -0.39 is 0 Å². The predicted octanol–water partition coefficient (Wildman–Crippen LogP) is 2.73. The Morgan fingerprint density at radius 2 is 1.75 bits per heavy atom. The van der Waals surface area contributed by atoms with Crippen LogP contribution < -0.4 is 5.32 Å². The molecule has 0 aromatic heterocycles. The van der Waals surface area contributed by atoms with E-state index in [-0.39, 0.29) is 0 Å². The van der Waals surface area contributed by atoms with Crippen molar-refractivity contribution in [3.8, 4) is 0 Å². The Balaban J connectivity index is 1.60. The van der Waals surface area contributed by atoms with E-state index in [1.807, 2.05) is 0 Å². The van der Waals surface area contributed by atoms with Gasteiger partial charge in [-0.1, -0.05) is 19.3 Å². The van der Waals surface area contributed by atoms with Crippen molar-refractivity contribution in [2.24, 2.45) is 11.3 Å². The SMILES string of the molecule is C1CCC(CC2(C3CCCC3)COC2)NC1. The molecular weight excluding hydrogens is 198 g/mol. The molecule has 1 unspecified atom stereocenters. The fourth-order valence-electron chi connectivity index (χ4n) is 4.01. The van der Waals surface area contributed by atoms with Gasteiger partial charge in [0.25, 0.3) is 0 Å². The second-order valence-electron chi connectivity index (χ2n) is 6.19. The molecular formula is C14H25NO. The monoisotopic (exact) mass is 223 g/mol. The third-order valence-corrected chi connectivity index (χ3v) is 5.07. The normalized spacial score (nSPS) is 34.9. The third-order valence-electron chi connectivity index (χ3n) is 5.07. The van der Waals surface area contributed by atoms with Crippen molar-refractivity contribution in [2.45, 2.75) is 57.4 Å². The Labute approximate surface area is 99.1 Å². The molecule has 1 saturated carbocycles. The highest BCUT2D eigenvalue weighted by molar-refractivity contribution is 4.97. The van der Waals surface area contributed by atoms with Gasteiger partial charge < -0.3 is 10.1 Å². The third kappa shape index (κ3) is 2.02. The molecule has 1 atom stereocenters. The minimum atomic E-state index is 0.575. The summed E-state index contributed by atoms with van der Waals surface area (Å²) in [6.45, 7) is 3.35. The largest absolute Gasteiger partial charge is 0.380 e. The first-order chi connectivity index (χ1) is 7.89. The van der Waals surface area contributed by atoms with Gasteiger partial charge in [0.05, 0.1) is 13.2 Å². The van der Waals surface area contributed by atoms with Gasteiger partial charge >= 0.3 is 0 Å². The maximum Gasteiger partial charge on any atom is 0.0548 e. The van der Waals surface area contributed by atoms with Crippen LogP contribution in [-0.2, 0) is 4.74 Å². The van der Waals surface area contributed by atoms with E-state index in [1.54, 1.807) is 0 Å². The molecule has 0 radical (unpaired) electrons. The van der Waals surface area contributed by atoms with Gasteiger partial charge in [0.1, 0.15) is 0 Å². The highest BCUT2D eigenvalue weighted by atomic mass is 16.5. The summed E-state index contributed by atoms with van der Waals surface area (Å²) in [6.07, 6.45) is 11.5. The van der Waals surface area contributed by atoms with Gasteiger partial charge in [-0.3, -0.25) is 0 Å². The molecule has 2 nitrogen and oxygen atoms in total. The van der Waals surface area contributed by atoms with E-state index in [2.05, 4.69) is 5.32 Å². The summed E-state index contributed by atoms with van der Waals surface area (Å²) in [5.41, 5.74) is 0.575. The number of hydrogen-bond acceptors (Lipinski definition) is 2. The molecule has 0 aromatic carbocycles. The molecule has 0 amide bonds. The fourth-order valence-corrected chi connectivity index (χ4v) is 4.01. The van der Waals surface area contributed by atoms with Gasteiger partial charge in [0, 0.05) is 11.5 Å². The summed E-state index contributed by atoms with van der Waals surface area (Å²) in [4.78, 5) is 0. The lowest BCUT2D eigenvalue weighted by atomic mass is 9.68. The quantitative estimate of drug-likeness (QED) is 0.794. The Morgan fingerprint density at radius 1 is 1.00 bits per heavy atom. The summed E-state index contributed by atoms with van der Waals surface area (Å²) < 4.78 is 5.56. The highest BCUT2D eigenvalue weighted by Crippen LogP contribution is 2.48. The summed E-state index contributed by atoms with van der Waals surface area (Å²) in [7, 11) is 0. The van der Waals surface area contributed by atoms with Gasteiger partial charge in [-0.25, -0.2) is 0 Å². The van der Waals surface area contributed by atoms with Crippen molar-refractivity contribution < 1.29 is 4.74 Å². The van der Waals surface area contributed by atoms with Crippen LogP contribution in [0.25, 0.3) is 0 Å². The molecule has 1 aliphatic carbocycles. The van der Waals surface area contributed by atoms with E-state index in [0.29, 0.717) is 5.41 Å². The minimum absolute atomic E-state index is 0.575. The molecule has 2 heteroatoms. The number of nitrogens with one attached hydrogen (secondary N) is 1. The minimum Gasteiger partial charge on any atom is -0.380 e. The summed E-state index contributed by atoms with van der Waals surface area (Å²) in [5.74, 6) is 0.977. The molecule has 2 saturated heterocycles. The predicted molar refractivity (Wildman–Crippen MR) is 65.5 cm³/mol. The first kappa shape index (κ1) is 11.0. The summed E-state index contributed by atoms with van der Waals surface area (Å²) in [6, 6.07) is 0.790. The van der Waals surface area contributed by atoms with Crippen molar-refractivity contribution in [3.63, 3.8) is 0 Å². The summed E-state index contributed by atoms with van der Waals surface area (Å²) in [5, 5.41) is 3.71. The lowest BCUT2D eigenvalue weighted by molar-refractivity contribution is -0.153. The van der Waals surface area contributed by atoms with E-state index >= 15 is 0 Å². The molecule has 3 aliphatic rings. The van der Waals surface area contributed by atoms with E-state index in [4.69, 9.17) is 4.74 Å². The first-order valence-electron chi connectivity index (χ1n) is 7.20. The zero-order chi connectivity index (χ0) is 10.8. The van der Waals surface area contributed by atoms with Crippen LogP contribution in [-0.4, -0.2) is 25.8 Å². The standard InChI is InChI=1S/C14H25NO/c1-2-6-12(5-1)14(10-16-11-14)9-13-7-3-4-8-15-13/h12-13,15H,1-11H2. The molecule has 92 valence electrons. The first-order valence-corrected chi connectivity index (χ1v) is 7.20. The van der Waals surface area contributed by atoms with Gasteiger partial charge in [0.2, 0.25) is 0 Å². The van der Waals surface area contributed by atoms with Crippen LogP contribution in [0.3, 0.4) is 0 Å².